The van der Waals surface area contributed by atoms with Crippen LogP contribution in [0.5, 0.6) is 0 Å². The number of rotatable bonds is 6. The Morgan fingerprint density at radius 1 is 1.29 bits per heavy atom. The van der Waals surface area contributed by atoms with Crippen LogP contribution in [0.3, 0.4) is 0 Å². The van der Waals surface area contributed by atoms with Gasteiger partial charge < -0.3 is 0 Å². The number of hydrogen-bond acceptors (Lipinski definition) is 6. The Labute approximate surface area is 153 Å². The monoisotopic (exact) mass is 375 g/mol. The molecule has 3 aromatic rings. The lowest BCUT2D eigenvalue weighted by molar-refractivity contribution is 0.731. The summed E-state index contributed by atoms with van der Waals surface area (Å²) in [6.07, 6.45) is 4.24. The van der Waals surface area contributed by atoms with E-state index in [-0.39, 0.29) is 0 Å². The summed E-state index contributed by atoms with van der Waals surface area (Å²) in [5.74, 6) is 2.32. The summed E-state index contributed by atoms with van der Waals surface area (Å²) in [7, 11) is 0. The van der Waals surface area contributed by atoms with E-state index in [2.05, 4.69) is 26.1 Å². The second-order valence-electron chi connectivity index (χ2n) is 5.51. The molecule has 2 heterocycles. The van der Waals surface area contributed by atoms with Gasteiger partial charge in [-0.25, -0.2) is 4.98 Å². The maximum atomic E-state index is 5.97. The summed E-state index contributed by atoms with van der Waals surface area (Å²) in [4.78, 5) is 4.61. The summed E-state index contributed by atoms with van der Waals surface area (Å²) in [5.41, 5.74) is 0.969. The lowest BCUT2D eigenvalue weighted by Gasteiger charge is -2.06. The fourth-order valence-electron chi connectivity index (χ4n) is 2.32. The molecular formula is C16H14ClN5S2. The smallest absolute Gasteiger partial charge is 0.198 e. The van der Waals surface area contributed by atoms with E-state index >= 15 is 0 Å². The normalized spacial score (nSPS) is 14.0. The van der Waals surface area contributed by atoms with Crippen molar-refractivity contribution >= 4 is 34.9 Å². The van der Waals surface area contributed by atoms with E-state index in [1.807, 2.05) is 34.9 Å². The van der Waals surface area contributed by atoms with Crippen molar-refractivity contribution in [2.45, 2.75) is 34.8 Å². The lowest BCUT2D eigenvalue weighted by Crippen LogP contribution is -2.00. The van der Waals surface area contributed by atoms with Crippen molar-refractivity contribution in [2.75, 3.05) is 0 Å². The first kappa shape index (κ1) is 15.8. The zero-order valence-corrected chi connectivity index (χ0v) is 15.1. The topological polar surface area (TPSA) is 56.5 Å². The maximum Gasteiger partial charge on any atom is 0.198 e. The van der Waals surface area contributed by atoms with Gasteiger partial charge in [-0.15, -0.1) is 16.8 Å². The number of nitrogens with zero attached hydrogens (tertiary/aromatic N) is 5. The number of halogens is 1. The van der Waals surface area contributed by atoms with Crippen LogP contribution in [0.15, 0.2) is 46.4 Å². The molecule has 1 fully saturated rings. The molecule has 4 rings (SSSR count). The third kappa shape index (κ3) is 3.24. The van der Waals surface area contributed by atoms with Gasteiger partial charge in [0.1, 0.15) is 5.82 Å². The van der Waals surface area contributed by atoms with Crippen LogP contribution in [-0.2, 0) is 6.54 Å². The average Bonchev–Trinajstić information content (AvgIpc) is 3.22. The van der Waals surface area contributed by atoms with Crippen LogP contribution in [-0.4, -0.2) is 24.1 Å². The highest BCUT2D eigenvalue weighted by molar-refractivity contribution is 8.00. The van der Waals surface area contributed by atoms with Crippen LogP contribution >= 0.6 is 34.9 Å². The quantitative estimate of drug-likeness (QED) is 0.586. The first-order chi connectivity index (χ1) is 11.7. The molecule has 5 nitrogen and oxygen atoms in total. The molecule has 8 heteroatoms. The highest BCUT2D eigenvalue weighted by Gasteiger charge is 2.28. The van der Waals surface area contributed by atoms with Gasteiger partial charge in [-0.1, -0.05) is 17.7 Å². The van der Waals surface area contributed by atoms with Gasteiger partial charge >= 0.3 is 0 Å². The highest BCUT2D eigenvalue weighted by atomic mass is 35.5. The number of aromatic nitrogens is 5. The zero-order chi connectivity index (χ0) is 16.5. The molecule has 0 N–H and O–H groups in total. The molecule has 24 heavy (non-hydrogen) atoms. The van der Waals surface area contributed by atoms with E-state index in [0.717, 1.165) is 26.7 Å². The Morgan fingerprint density at radius 3 is 2.79 bits per heavy atom. The largest absolute Gasteiger partial charge is 0.298 e. The molecule has 0 unspecified atom stereocenters. The predicted octanol–water partition coefficient (Wildman–Crippen LogP) is 4.66. The molecule has 0 bridgehead atoms. The summed E-state index contributed by atoms with van der Waals surface area (Å²) in [6, 6.07) is 7.58. The van der Waals surface area contributed by atoms with Gasteiger partial charge in [0.05, 0.1) is 0 Å². The highest BCUT2D eigenvalue weighted by Crippen LogP contribution is 2.40. The van der Waals surface area contributed by atoms with Crippen molar-refractivity contribution in [2.24, 2.45) is 0 Å². The Balaban J connectivity index is 1.64. The number of benzene rings is 1. The van der Waals surface area contributed by atoms with Crippen LogP contribution in [0.4, 0.5) is 0 Å². The van der Waals surface area contributed by atoms with E-state index in [1.54, 1.807) is 0 Å². The molecule has 0 atom stereocenters. The van der Waals surface area contributed by atoms with Crippen LogP contribution in [0.25, 0.3) is 11.4 Å². The van der Waals surface area contributed by atoms with Gasteiger partial charge in [-0.3, -0.25) is 4.57 Å². The van der Waals surface area contributed by atoms with Crippen LogP contribution in [0.1, 0.15) is 24.6 Å². The van der Waals surface area contributed by atoms with E-state index in [9.17, 15) is 0 Å². The fraction of sp³-hybridized carbons (Fsp3) is 0.250. The Kier molecular flexibility index (Phi) is 4.39. The third-order valence-electron chi connectivity index (χ3n) is 3.68. The van der Waals surface area contributed by atoms with Crippen molar-refractivity contribution in [3.05, 3.63) is 47.8 Å². The minimum absolute atomic E-state index is 0.561. The SMILES string of the molecule is C=CCn1c(Sc2nc(C3CC3)ns2)nnc1-c1ccc(Cl)cc1. The molecule has 1 aliphatic carbocycles. The molecule has 0 saturated heterocycles. The van der Waals surface area contributed by atoms with Crippen LogP contribution in [0.2, 0.25) is 5.02 Å². The van der Waals surface area contributed by atoms with E-state index in [1.165, 1.54) is 36.1 Å². The van der Waals surface area contributed by atoms with Gasteiger partial charge in [0.2, 0.25) is 0 Å². The number of hydrogen-bond donors (Lipinski definition) is 0. The van der Waals surface area contributed by atoms with E-state index < -0.39 is 0 Å². The predicted molar refractivity (Wildman–Crippen MR) is 96.7 cm³/mol. The third-order valence-corrected chi connectivity index (χ3v) is 5.68. The van der Waals surface area contributed by atoms with E-state index in [4.69, 9.17) is 11.6 Å². The summed E-state index contributed by atoms with van der Waals surface area (Å²) >= 11 is 8.89. The Bertz CT molecular complexity index is 867. The lowest BCUT2D eigenvalue weighted by atomic mass is 10.2. The van der Waals surface area contributed by atoms with Crippen molar-refractivity contribution in [1.82, 2.24) is 24.1 Å². The molecule has 0 radical (unpaired) electrons. The van der Waals surface area contributed by atoms with Gasteiger partial charge in [-0.2, -0.15) is 4.37 Å². The first-order valence-electron chi connectivity index (χ1n) is 7.56. The molecule has 1 aliphatic rings. The molecule has 2 aromatic heterocycles. The van der Waals surface area contributed by atoms with Gasteiger partial charge in [0.25, 0.3) is 0 Å². The minimum Gasteiger partial charge on any atom is -0.298 e. The molecule has 0 aliphatic heterocycles. The standard InChI is InChI=1S/C16H14ClN5S2/c1-2-9-22-14(11-5-7-12(17)8-6-11)19-20-15(22)23-16-18-13(21-24-16)10-3-4-10/h2,5-8,10H,1,3-4,9H2. The summed E-state index contributed by atoms with van der Waals surface area (Å²) < 4.78 is 7.37. The van der Waals surface area contributed by atoms with Crippen molar-refractivity contribution in [3.63, 3.8) is 0 Å². The number of allylic oxidation sites excluding steroid dienone is 1. The zero-order valence-electron chi connectivity index (χ0n) is 12.7. The molecular weight excluding hydrogens is 362 g/mol. The minimum atomic E-state index is 0.561. The average molecular weight is 376 g/mol. The second kappa shape index (κ2) is 6.66. The van der Waals surface area contributed by atoms with Gasteiger partial charge in [0, 0.05) is 23.0 Å². The molecule has 0 amide bonds. The van der Waals surface area contributed by atoms with Crippen molar-refractivity contribution in [3.8, 4) is 11.4 Å². The molecule has 1 saturated carbocycles. The second-order valence-corrected chi connectivity index (χ2v) is 7.91. The summed E-state index contributed by atoms with van der Waals surface area (Å²) in [6.45, 7) is 4.46. The Morgan fingerprint density at radius 2 is 2.08 bits per heavy atom. The van der Waals surface area contributed by atoms with Crippen molar-refractivity contribution < 1.29 is 0 Å². The van der Waals surface area contributed by atoms with Gasteiger partial charge in [-0.05, 0) is 60.4 Å². The van der Waals surface area contributed by atoms with Crippen LogP contribution in [0, 0.1) is 0 Å². The first-order valence-corrected chi connectivity index (χ1v) is 9.53. The molecule has 1 aromatic carbocycles. The van der Waals surface area contributed by atoms with Crippen LogP contribution < -0.4 is 0 Å². The van der Waals surface area contributed by atoms with Gasteiger partial charge in [0.15, 0.2) is 15.3 Å². The Hall–Kier alpha value is -1.70. The van der Waals surface area contributed by atoms with Crippen molar-refractivity contribution in [1.29, 1.82) is 0 Å². The molecule has 122 valence electrons. The fourth-order valence-corrected chi connectivity index (χ4v) is 4.07. The maximum absolute atomic E-state index is 5.97. The summed E-state index contributed by atoms with van der Waals surface area (Å²) in [5, 5.41) is 10.2. The molecule has 0 spiro atoms. The van der Waals surface area contributed by atoms with E-state index in [0.29, 0.717) is 17.5 Å².